The first-order valence-corrected chi connectivity index (χ1v) is 5.07. The monoisotopic (exact) mass is 209 g/mol. The highest BCUT2D eigenvalue weighted by molar-refractivity contribution is 7.80. The number of nitrogens with two attached hydrogens (primary N) is 1. The fraction of sp³-hybridized carbons (Fsp3) is 0.364. The Balaban J connectivity index is 2.25. The van der Waals surface area contributed by atoms with E-state index >= 15 is 0 Å². The van der Waals surface area contributed by atoms with Crippen molar-refractivity contribution in [3.05, 3.63) is 29.8 Å². The van der Waals surface area contributed by atoms with Gasteiger partial charge < -0.3 is 10.5 Å². The Labute approximate surface area is 90.1 Å². The molecule has 1 aromatic rings. The smallest absolute Gasteiger partial charge is 0.156 e. The third-order valence-corrected chi connectivity index (χ3v) is 2.01. The van der Waals surface area contributed by atoms with Crippen LogP contribution < -0.4 is 5.73 Å². The van der Waals surface area contributed by atoms with Gasteiger partial charge in [0.15, 0.2) is 5.05 Å². The predicted octanol–water partition coefficient (Wildman–Crippen LogP) is 2.57. The lowest BCUT2D eigenvalue weighted by Gasteiger charge is -2.03. The summed E-state index contributed by atoms with van der Waals surface area (Å²) < 4.78 is 5.19. The Morgan fingerprint density at radius 3 is 2.57 bits per heavy atom. The zero-order valence-corrected chi connectivity index (χ0v) is 9.14. The lowest BCUT2D eigenvalue weighted by molar-refractivity contribution is 0.304. The molecule has 0 amide bonds. The molecule has 0 aromatic heterocycles. The molecule has 0 radical (unpaired) electrons. The first kappa shape index (κ1) is 11.0. The summed E-state index contributed by atoms with van der Waals surface area (Å²) in [5.74, 6) is 0. The maximum absolute atomic E-state index is 5.58. The van der Waals surface area contributed by atoms with Gasteiger partial charge in [-0.05, 0) is 42.8 Å². The molecule has 0 saturated carbocycles. The first-order chi connectivity index (χ1) is 6.68. The van der Waals surface area contributed by atoms with Gasteiger partial charge in [0.05, 0.1) is 6.61 Å². The Bertz CT molecular complexity index is 295. The molecule has 0 saturated heterocycles. The van der Waals surface area contributed by atoms with Gasteiger partial charge in [-0.25, -0.2) is 0 Å². The number of thiocarbonyl (C=S) groups is 1. The quantitative estimate of drug-likeness (QED) is 0.470. The van der Waals surface area contributed by atoms with Crippen LogP contribution in [-0.4, -0.2) is 11.7 Å². The average Bonchev–Trinajstić information content (AvgIpc) is 2.15. The molecule has 76 valence electrons. The maximum Gasteiger partial charge on any atom is 0.156 e. The van der Waals surface area contributed by atoms with E-state index in [-0.39, 0.29) is 0 Å². The van der Waals surface area contributed by atoms with E-state index in [1.807, 2.05) is 24.3 Å². The fourth-order valence-corrected chi connectivity index (χ4v) is 1.26. The summed E-state index contributed by atoms with van der Waals surface area (Å²) in [7, 11) is 0. The number of nitrogen functional groups attached to an aromatic ring is 1. The van der Waals surface area contributed by atoms with Crippen molar-refractivity contribution >= 4 is 23.0 Å². The van der Waals surface area contributed by atoms with Crippen molar-refractivity contribution in [1.29, 1.82) is 0 Å². The van der Waals surface area contributed by atoms with Crippen molar-refractivity contribution in [2.45, 2.75) is 19.8 Å². The van der Waals surface area contributed by atoms with Crippen molar-refractivity contribution in [2.75, 3.05) is 12.3 Å². The molecule has 0 aliphatic heterocycles. The van der Waals surface area contributed by atoms with Crippen LogP contribution in [0.3, 0.4) is 0 Å². The Morgan fingerprint density at radius 2 is 2.00 bits per heavy atom. The number of anilines is 1. The van der Waals surface area contributed by atoms with Gasteiger partial charge in [0.25, 0.3) is 0 Å². The van der Waals surface area contributed by atoms with Crippen molar-refractivity contribution in [3.8, 4) is 0 Å². The number of hydrogen-bond acceptors (Lipinski definition) is 3. The summed E-state index contributed by atoms with van der Waals surface area (Å²) in [5, 5.41) is 0.613. The molecule has 0 fully saturated rings. The average molecular weight is 209 g/mol. The molecule has 0 atom stereocenters. The molecular formula is C11H15NOS. The highest BCUT2D eigenvalue weighted by atomic mass is 32.1. The van der Waals surface area contributed by atoms with E-state index in [2.05, 4.69) is 0 Å². The van der Waals surface area contributed by atoms with E-state index < -0.39 is 0 Å². The zero-order valence-electron chi connectivity index (χ0n) is 8.32. The molecule has 3 heteroatoms. The topological polar surface area (TPSA) is 35.2 Å². The predicted molar refractivity (Wildman–Crippen MR) is 63.4 cm³/mol. The van der Waals surface area contributed by atoms with Gasteiger partial charge in [-0.1, -0.05) is 12.1 Å². The van der Waals surface area contributed by atoms with Crippen LogP contribution in [0.4, 0.5) is 5.69 Å². The number of rotatable bonds is 4. The molecule has 1 rings (SSSR count). The number of hydrogen-bond donors (Lipinski definition) is 1. The van der Waals surface area contributed by atoms with Gasteiger partial charge >= 0.3 is 0 Å². The third-order valence-electron chi connectivity index (χ3n) is 1.89. The molecule has 14 heavy (non-hydrogen) atoms. The second-order valence-corrected chi connectivity index (χ2v) is 3.76. The summed E-state index contributed by atoms with van der Waals surface area (Å²) in [6.07, 6.45) is 1.99. The minimum absolute atomic E-state index is 0.613. The molecular weight excluding hydrogens is 194 g/mol. The largest absolute Gasteiger partial charge is 0.487 e. The summed E-state index contributed by atoms with van der Waals surface area (Å²) in [4.78, 5) is 0. The minimum Gasteiger partial charge on any atom is -0.487 e. The Kier molecular flexibility index (Phi) is 4.40. The van der Waals surface area contributed by atoms with Gasteiger partial charge in [-0.2, -0.15) is 0 Å². The zero-order chi connectivity index (χ0) is 10.4. The minimum atomic E-state index is 0.613. The second kappa shape index (κ2) is 5.60. The summed E-state index contributed by atoms with van der Waals surface area (Å²) in [5.41, 5.74) is 7.67. The van der Waals surface area contributed by atoms with E-state index in [0.717, 1.165) is 18.5 Å². The van der Waals surface area contributed by atoms with E-state index in [4.69, 9.17) is 22.7 Å². The van der Waals surface area contributed by atoms with Crippen LogP contribution in [0.1, 0.15) is 18.9 Å². The van der Waals surface area contributed by atoms with Gasteiger partial charge in [0.2, 0.25) is 0 Å². The molecule has 2 nitrogen and oxygen atoms in total. The third kappa shape index (κ3) is 4.23. The molecule has 0 aliphatic carbocycles. The molecule has 0 aliphatic rings. The van der Waals surface area contributed by atoms with Gasteiger partial charge in [-0.15, -0.1) is 0 Å². The normalized spacial score (nSPS) is 9.79. The van der Waals surface area contributed by atoms with Crippen molar-refractivity contribution in [1.82, 2.24) is 0 Å². The number of benzene rings is 1. The van der Waals surface area contributed by atoms with E-state index in [1.54, 1.807) is 6.92 Å². The van der Waals surface area contributed by atoms with Crippen LogP contribution in [0.15, 0.2) is 24.3 Å². The maximum atomic E-state index is 5.58. The molecule has 0 spiro atoms. The Hall–Kier alpha value is -1.09. The standard InChI is InChI=1S/C11H15NOS/c1-9(14)13-8-2-3-10-4-6-11(12)7-5-10/h4-7H,2-3,8,12H2,1H3. The summed E-state index contributed by atoms with van der Waals surface area (Å²) in [6.45, 7) is 2.48. The molecule has 0 bridgehead atoms. The molecule has 0 unspecified atom stereocenters. The molecule has 2 N–H and O–H groups in total. The fourth-order valence-electron chi connectivity index (χ4n) is 1.18. The molecule has 0 heterocycles. The van der Waals surface area contributed by atoms with Gasteiger partial charge in [0.1, 0.15) is 0 Å². The van der Waals surface area contributed by atoms with Crippen LogP contribution in [0, 0.1) is 0 Å². The molecule has 1 aromatic carbocycles. The lowest BCUT2D eigenvalue weighted by atomic mass is 10.1. The highest BCUT2D eigenvalue weighted by Crippen LogP contribution is 2.07. The summed E-state index contributed by atoms with van der Waals surface area (Å²) >= 11 is 4.80. The Morgan fingerprint density at radius 1 is 1.36 bits per heavy atom. The van der Waals surface area contributed by atoms with Crippen molar-refractivity contribution < 1.29 is 4.74 Å². The number of ether oxygens (including phenoxy) is 1. The second-order valence-electron chi connectivity index (χ2n) is 3.19. The van der Waals surface area contributed by atoms with Crippen LogP contribution in [0.25, 0.3) is 0 Å². The van der Waals surface area contributed by atoms with E-state index in [9.17, 15) is 0 Å². The first-order valence-electron chi connectivity index (χ1n) is 4.66. The number of aryl methyl sites for hydroxylation is 1. The van der Waals surface area contributed by atoms with Crippen LogP contribution >= 0.6 is 12.2 Å². The van der Waals surface area contributed by atoms with E-state index in [1.165, 1.54) is 5.56 Å². The van der Waals surface area contributed by atoms with Crippen LogP contribution in [0.2, 0.25) is 0 Å². The van der Waals surface area contributed by atoms with Crippen molar-refractivity contribution in [3.63, 3.8) is 0 Å². The van der Waals surface area contributed by atoms with Crippen molar-refractivity contribution in [2.24, 2.45) is 0 Å². The summed E-state index contributed by atoms with van der Waals surface area (Å²) in [6, 6.07) is 7.92. The van der Waals surface area contributed by atoms with Crippen LogP contribution in [0.5, 0.6) is 0 Å². The SMILES string of the molecule is CC(=S)OCCCc1ccc(N)cc1. The van der Waals surface area contributed by atoms with Crippen LogP contribution in [-0.2, 0) is 11.2 Å². The highest BCUT2D eigenvalue weighted by Gasteiger charge is 1.94. The van der Waals surface area contributed by atoms with Gasteiger partial charge in [0, 0.05) is 12.6 Å². The van der Waals surface area contributed by atoms with Gasteiger partial charge in [-0.3, -0.25) is 0 Å². The van der Waals surface area contributed by atoms with E-state index in [0.29, 0.717) is 11.7 Å². The lowest BCUT2D eigenvalue weighted by Crippen LogP contribution is -1.99.